The Bertz CT molecular complexity index is 1050. The lowest BCUT2D eigenvalue weighted by molar-refractivity contribution is 0.321. The summed E-state index contributed by atoms with van der Waals surface area (Å²) in [6, 6.07) is 3.90. The van der Waals surface area contributed by atoms with Gasteiger partial charge in [-0.2, -0.15) is 0 Å². The van der Waals surface area contributed by atoms with Crippen LogP contribution in [0.5, 0.6) is 0 Å². The van der Waals surface area contributed by atoms with Crippen LogP contribution >= 0.6 is 0 Å². The number of halogens is 1. The van der Waals surface area contributed by atoms with E-state index >= 15 is 0 Å². The molecule has 0 saturated carbocycles. The maximum absolute atomic E-state index is 13.5. The maximum Gasteiger partial charge on any atom is 0.238 e. The first kappa shape index (κ1) is 14.6. The van der Waals surface area contributed by atoms with Gasteiger partial charge < -0.3 is 10.3 Å². The predicted octanol–water partition coefficient (Wildman–Crippen LogP) is 2.39. The summed E-state index contributed by atoms with van der Waals surface area (Å²) >= 11 is 0. The average Bonchev–Trinajstić information content (AvgIpc) is 3.08. The van der Waals surface area contributed by atoms with E-state index in [4.69, 9.17) is 5.73 Å². The lowest BCUT2D eigenvalue weighted by Crippen LogP contribution is -2.09. The Kier molecular flexibility index (Phi) is 3.19. The molecule has 7 nitrogen and oxygen atoms in total. The first-order valence-corrected chi connectivity index (χ1v) is 7.60. The van der Waals surface area contributed by atoms with Crippen molar-refractivity contribution in [1.29, 1.82) is 0 Å². The molecule has 0 radical (unpaired) electrons. The summed E-state index contributed by atoms with van der Waals surface area (Å²) in [5.41, 5.74) is 9.69. The zero-order valence-corrected chi connectivity index (χ0v) is 13.3. The number of nitrogens with zero attached hydrogens (tertiary/aromatic N) is 6. The van der Waals surface area contributed by atoms with Crippen LogP contribution in [0.3, 0.4) is 0 Å². The largest absolute Gasteiger partial charge is 0.367 e. The average molecular weight is 325 g/mol. The molecule has 1 unspecified atom stereocenters. The Morgan fingerprint density at radius 2 is 2.08 bits per heavy atom. The van der Waals surface area contributed by atoms with Crippen molar-refractivity contribution in [2.75, 3.05) is 5.73 Å². The Balaban J connectivity index is 1.90. The smallest absolute Gasteiger partial charge is 0.238 e. The van der Waals surface area contributed by atoms with Gasteiger partial charge in [-0.1, -0.05) is 0 Å². The molecule has 0 bridgehead atoms. The lowest BCUT2D eigenvalue weighted by Gasteiger charge is -2.08. The number of hydrogen-bond acceptors (Lipinski definition) is 5. The number of rotatable bonds is 3. The van der Waals surface area contributed by atoms with Gasteiger partial charge in [0.15, 0.2) is 5.65 Å². The topological polar surface area (TPSA) is 86.9 Å². The molecule has 1 atom stereocenters. The molecule has 24 heavy (non-hydrogen) atoms. The van der Waals surface area contributed by atoms with Gasteiger partial charge in [-0.15, -0.1) is 5.10 Å². The van der Waals surface area contributed by atoms with Crippen LogP contribution in [-0.4, -0.2) is 35.3 Å². The van der Waals surface area contributed by atoms with Crippen molar-refractivity contribution >= 4 is 22.6 Å². The number of fused-ring (bicyclic) bond motifs is 2. The molecular formula is C16H16FN7. The minimum atomic E-state index is -0.962. The molecule has 0 aliphatic rings. The molecule has 0 aromatic carbocycles. The van der Waals surface area contributed by atoms with Crippen molar-refractivity contribution in [2.24, 2.45) is 0 Å². The summed E-state index contributed by atoms with van der Waals surface area (Å²) in [6.07, 6.45) is 4.29. The van der Waals surface area contributed by atoms with E-state index in [1.165, 1.54) is 6.92 Å². The number of pyridine rings is 1. The Labute approximate surface area is 137 Å². The normalized spacial score (nSPS) is 13.0. The quantitative estimate of drug-likeness (QED) is 0.625. The van der Waals surface area contributed by atoms with Gasteiger partial charge in [-0.05, 0) is 26.0 Å². The van der Waals surface area contributed by atoms with Gasteiger partial charge in [0.05, 0.1) is 23.8 Å². The molecule has 0 aliphatic heterocycles. The van der Waals surface area contributed by atoms with Gasteiger partial charge in [0.1, 0.15) is 12.0 Å². The van der Waals surface area contributed by atoms with Crippen LogP contribution in [0.2, 0.25) is 0 Å². The third kappa shape index (κ3) is 2.27. The van der Waals surface area contributed by atoms with Crippen molar-refractivity contribution < 1.29 is 4.39 Å². The van der Waals surface area contributed by atoms with Gasteiger partial charge in [-0.3, -0.25) is 0 Å². The zero-order valence-electron chi connectivity index (χ0n) is 13.3. The number of nitrogen functional groups attached to an aromatic ring is 1. The van der Waals surface area contributed by atoms with Gasteiger partial charge in [0, 0.05) is 23.5 Å². The van der Waals surface area contributed by atoms with E-state index in [0.29, 0.717) is 5.65 Å². The molecule has 4 heterocycles. The molecule has 4 aromatic rings. The number of imidazole rings is 1. The lowest BCUT2D eigenvalue weighted by atomic mass is 10.1. The van der Waals surface area contributed by atoms with E-state index in [1.807, 2.05) is 29.8 Å². The fourth-order valence-corrected chi connectivity index (χ4v) is 2.91. The van der Waals surface area contributed by atoms with E-state index in [9.17, 15) is 4.39 Å². The zero-order chi connectivity index (χ0) is 16.8. The van der Waals surface area contributed by atoms with E-state index in [2.05, 4.69) is 20.1 Å². The number of aromatic nitrogens is 6. The molecule has 8 heteroatoms. The molecule has 122 valence electrons. The number of alkyl halides is 1. The monoisotopic (exact) mass is 325 g/mol. The van der Waals surface area contributed by atoms with Gasteiger partial charge in [0.25, 0.3) is 0 Å². The summed E-state index contributed by atoms with van der Waals surface area (Å²) in [5, 5.41) is 4.14. The van der Waals surface area contributed by atoms with Crippen LogP contribution in [0.25, 0.3) is 27.8 Å². The van der Waals surface area contributed by atoms with Crippen molar-refractivity contribution in [2.45, 2.75) is 26.6 Å². The second-order valence-electron chi connectivity index (χ2n) is 5.79. The SMILES string of the molecule is Cc1nc2ncc(-c3ccn4nc(N)ncc34)cc2n1CC(C)F. The molecule has 4 aromatic heterocycles. The van der Waals surface area contributed by atoms with Crippen molar-refractivity contribution in [1.82, 2.24) is 29.1 Å². The molecule has 0 aliphatic carbocycles. The van der Waals surface area contributed by atoms with E-state index < -0.39 is 6.17 Å². The summed E-state index contributed by atoms with van der Waals surface area (Å²) in [7, 11) is 0. The highest BCUT2D eigenvalue weighted by Crippen LogP contribution is 2.27. The second kappa shape index (κ2) is 5.26. The first-order valence-electron chi connectivity index (χ1n) is 7.60. The summed E-state index contributed by atoms with van der Waals surface area (Å²) in [4.78, 5) is 12.9. The highest BCUT2D eigenvalue weighted by Gasteiger charge is 2.14. The van der Waals surface area contributed by atoms with E-state index in [0.717, 1.165) is 28.0 Å². The Morgan fingerprint density at radius 3 is 2.88 bits per heavy atom. The third-order valence-electron chi connectivity index (χ3n) is 3.98. The molecule has 0 fully saturated rings. The summed E-state index contributed by atoms with van der Waals surface area (Å²) < 4.78 is 17.0. The van der Waals surface area contributed by atoms with Crippen LogP contribution < -0.4 is 5.73 Å². The van der Waals surface area contributed by atoms with E-state index in [1.54, 1.807) is 16.9 Å². The molecule has 2 N–H and O–H groups in total. The van der Waals surface area contributed by atoms with Crippen molar-refractivity contribution in [3.05, 3.63) is 36.5 Å². The van der Waals surface area contributed by atoms with Crippen molar-refractivity contribution in [3.63, 3.8) is 0 Å². The third-order valence-corrected chi connectivity index (χ3v) is 3.98. The van der Waals surface area contributed by atoms with Crippen LogP contribution in [-0.2, 0) is 6.54 Å². The molecule has 0 amide bonds. The minimum Gasteiger partial charge on any atom is -0.367 e. The predicted molar refractivity (Wildman–Crippen MR) is 89.2 cm³/mol. The standard InChI is InChI=1S/C16H16FN7/c1-9(17)8-23-10(2)21-15-13(23)5-11(6-19-15)12-3-4-24-14(12)7-20-16(18)22-24/h3-7,9H,8H2,1-2H3,(H2,18,22). The van der Waals surface area contributed by atoms with Crippen LogP contribution in [0.4, 0.5) is 10.3 Å². The van der Waals surface area contributed by atoms with Crippen LogP contribution in [0.1, 0.15) is 12.7 Å². The van der Waals surface area contributed by atoms with Gasteiger partial charge in [-0.25, -0.2) is 23.9 Å². The first-order chi connectivity index (χ1) is 11.5. The molecule has 0 saturated heterocycles. The molecule has 0 spiro atoms. The van der Waals surface area contributed by atoms with Gasteiger partial charge >= 0.3 is 0 Å². The molecule has 4 rings (SSSR count). The van der Waals surface area contributed by atoms with E-state index in [-0.39, 0.29) is 12.5 Å². The number of anilines is 1. The Morgan fingerprint density at radius 1 is 1.25 bits per heavy atom. The van der Waals surface area contributed by atoms with Crippen molar-refractivity contribution in [3.8, 4) is 11.1 Å². The maximum atomic E-state index is 13.5. The minimum absolute atomic E-state index is 0.212. The second-order valence-corrected chi connectivity index (χ2v) is 5.79. The Hall–Kier alpha value is -3.03. The fourth-order valence-electron chi connectivity index (χ4n) is 2.91. The van der Waals surface area contributed by atoms with Crippen LogP contribution in [0.15, 0.2) is 30.7 Å². The number of aryl methyl sites for hydroxylation is 1. The highest BCUT2D eigenvalue weighted by molar-refractivity contribution is 5.85. The fraction of sp³-hybridized carbons (Fsp3) is 0.250. The summed E-state index contributed by atoms with van der Waals surface area (Å²) in [6.45, 7) is 3.64. The molecular weight excluding hydrogens is 309 g/mol. The van der Waals surface area contributed by atoms with Gasteiger partial charge in [0.2, 0.25) is 5.95 Å². The summed E-state index contributed by atoms with van der Waals surface area (Å²) in [5.74, 6) is 0.959. The highest BCUT2D eigenvalue weighted by atomic mass is 19.1. The number of nitrogens with two attached hydrogens (primary N) is 1. The van der Waals surface area contributed by atoms with Crippen LogP contribution in [0, 0.1) is 6.92 Å². The number of hydrogen-bond donors (Lipinski definition) is 1.